The van der Waals surface area contributed by atoms with Crippen LogP contribution in [-0.4, -0.2) is 43.7 Å². The number of hydrogen-bond acceptors (Lipinski definition) is 2. The zero-order valence-electron chi connectivity index (χ0n) is 7.22. The van der Waals surface area contributed by atoms with Crippen LogP contribution in [0, 0.1) is 0 Å². The van der Waals surface area contributed by atoms with Gasteiger partial charge in [-0.1, -0.05) is 6.92 Å². The highest BCUT2D eigenvalue weighted by Crippen LogP contribution is 1.91. The first kappa shape index (κ1) is 9.88. The number of rotatable bonds is 5. The summed E-state index contributed by atoms with van der Waals surface area (Å²) in [5.74, 6) is 0. The lowest BCUT2D eigenvalue weighted by molar-refractivity contribution is 0.0305. The molecular formula is C7H18N3. The first-order valence-corrected chi connectivity index (χ1v) is 3.79. The van der Waals surface area contributed by atoms with Crippen molar-refractivity contribution in [2.45, 2.75) is 13.3 Å². The van der Waals surface area contributed by atoms with E-state index >= 15 is 0 Å². The zero-order valence-corrected chi connectivity index (χ0v) is 7.22. The highest BCUT2D eigenvalue weighted by atomic mass is 15.6. The van der Waals surface area contributed by atoms with Crippen LogP contribution in [0.15, 0.2) is 0 Å². The third-order valence-electron chi connectivity index (χ3n) is 1.52. The number of hydrazine groups is 1. The van der Waals surface area contributed by atoms with E-state index < -0.39 is 0 Å². The van der Waals surface area contributed by atoms with Crippen molar-refractivity contribution in [1.29, 1.82) is 0 Å². The molecule has 0 bridgehead atoms. The molecule has 3 heteroatoms. The van der Waals surface area contributed by atoms with Gasteiger partial charge >= 0.3 is 0 Å². The van der Waals surface area contributed by atoms with Gasteiger partial charge in [-0.25, -0.2) is 10.0 Å². The van der Waals surface area contributed by atoms with Crippen molar-refractivity contribution in [3.05, 3.63) is 0 Å². The molecule has 0 aliphatic carbocycles. The monoisotopic (exact) mass is 144 g/mol. The van der Waals surface area contributed by atoms with E-state index in [1.165, 1.54) is 0 Å². The molecule has 0 aromatic rings. The molecule has 0 unspecified atom stereocenters. The van der Waals surface area contributed by atoms with Gasteiger partial charge in [-0.2, -0.15) is 0 Å². The Kier molecular flexibility index (Phi) is 5.58. The summed E-state index contributed by atoms with van der Waals surface area (Å²) in [5, 5.41) is 4.30. The highest BCUT2D eigenvalue weighted by molar-refractivity contribution is 4.48. The van der Waals surface area contributed by atoms with E-state index in [0.717, 1.165) is 19.5 Å². The molecule has 0 saturated carbocycles. The predicted octanol–water partition coefficient (Wildman–Crippen LogP) is 0.458. The summed E-state index contributed by atoms with van der Waals surface area (Å²) >= 11 is 0. The van der Waals surface area contributed by atoms with Crippen molar-refractivity contribution >= 4 is 0 Å². The second-order valence-corrected chi connectivity index (χ2v) is 2.50. The van der Waals surface area contributed by atoms with Gasteiger partial charge in [0.2, 0.25) is 0 Å². The van der Waals surface area contributed by atoms with Gasteiger partial charge in [0.15, 0.2) is 0 Å². The van der Waals surface area contributed by atoms with Crippen LogP contribution in [0.5, 0.6) is 0 Å². The Morgan fingerprint density at radius 2 is 1.90 bits per heavy atom. The van der Waals surface area contributed by atoms with Gasteiger partial charge in [-0.15, -0.1) is 0 Å². The summed E-state index contributed by atoms with van der Waals surface area (Å²) in [5.41, 5.74) is 6.97. The predicted molar refractivity (Wildman–Crippen MR) is 43.5 cm³/mol. The molecule has 0 aromatic heterocycles. The van der Waals surface area contributed by atoms with Gasteiger partial charge in [-0.3, -0.25) is 5.73 Å². The summed E-state index contributed by atoms with van der Waals surface area (Å²) in [7, 11) is 4.07. The normalized spacial score (nSPS) is 11.4. The molecule has 0 heterocycles. The number of nitrogens with one attached hydrogen (secondary N) is 1. The lowest BCUT2D eigenvalue weighted by Crippen LogP contribution is -2.37. The van der Waals surface area contributed by atoms with Gasteiger partial charge in [-0.05, 0) is 6.42 Å². The average molecular weight is 144 g/mol. The van der Waals surface area contributed by atoms with Crippen LogP contribution >= 0.6 is 0 Å². The molecule has 0 aromatic carbocycles. The Labute approximate surface area is 63.8 Å². The van der Waals surface area contributed by atoms with Crippen LogP contribution in [0.3, 0.4) is 0 Å². The molecule has 1 N–H and O–H groups in total. The minimum Gasteiger partial charge on any atom is -0.258 e. The maximum Gasteiger partial charge on any atom is 0.0145 e. The van der Waals surface area contributed by atoms with Crippen LogP contribution < -0.4 is 5.73 Å². The van der Waals surface area contributed by atoms with E-state index in [-0.39, 0.29) is 0 Å². The maximum absolute atomic E-state index is 6.97. The molecule has 0 spiro atoms. The van der Waals surface area contributed by atoms with Crippen LogP contribution in [-0.2, 0) is 0 Å². The minimum atomic E-state index is 0.532. The standard InChI is InChI=1S/C7H18N3/c1-4-10(9(2)3)7-5-6-8/h8H,4-7H2,1-3H3. The van der Waals surface area contributed by atoms with E-state index in [4.69, 9.17) is 5.73 Å². The van der Waals surface area contributed by atoms with Crippen LogP contribution in [0.25, 0.3) is 0 Å². The van der Waals surface area contributed by atoms with Crippen molar-refractivity contribution in [1.82, 2.24) is 15.8 Å². The molecule has 0 aliphatic heterocycles. The Hall–Kier alpha value is -0.120. The first-order chi connectivity index (χ1) is 4.72. The molecule has 10 heavy (non-hydrogen) atoms. The molecule has 0 aliphatic rings. The third-order valence-corrected chi connectivity index (χ3v) is 1.52. The molecule has 3 nitrogen and oxygen atoms in total. The van der Waals surface area contributed by atoms with Crippen LogP contribution in [0.2, 0.25) is 0 Å². The van der Waals surface area contributed by atoms with E-state index in [1.807, 2.05) is 14.1 Å². The topological polar surface area (TPSA) is 30.3 Å². The summed E-state index contributed by atoms with van der Waals surface area (Å²) in [6.45, 7) is 4.70. The summed E-state index contributed by atoms with van der Waals surface area (Å²) in [6, 6.07) is 0. The molecular weight excluding hydrogens is 126 g/mol. The quantitative estimate of drug-likeness (QED) is 0.525. The van der Waals surface area contributed by atoms with Gasteiger partial charge in [0.1, 0.15) is 0 Å². The van der Waals surface area contributed by atoms with E-state index in [0.29, 0.717) is 6.54 Å². The summed E-state index contributed by atoms with van der Waals surface area (Å²) in [4.78, 5) is 0. The lowest BCUT2D eigenvalue weighted by atomic mass is 10.4. The van der Waals surface area contributed by atoms with E-state index in [9.17, 15) is 0 Å². The number of nitrogens with zero attached hydrogens (tertiary/aromatic N) is 2. The van der Waals surface area contributed by atoms with E-state index in [2.05, 4.69) is 16.9 Å². The Morgan fingerprint density at radius 1 is 1.30 bits per heavy atom. The Bertz CT molecular complexity index is 73.3. The smallest absolute Gasteiger partial charge is 0.0145 e. The largest absolute Gasteiger partial charge is 0.258 e. The van der Waals surface area contributed by atoms with Gasteiger partial charge in [0, 0.05) is 33.7 Å². The molecule has 0 rings (SSSR count). The summed E-state index contributed by atoms with van der Waals surface area (Å²) in [6.07, 6.45) is 0.964. The Balaban J connectivity index is 3.40. The van der Waals surface area contributed by atoms with Crippen molar-refractivity contribution < 1.29 is 0 Å². The molecule has 0 fully saturated rings. The van der Waals surface area contributed by atoms with Gasteiger partial charge in [0.25, 0.3) is 0 Å². The maximum atomic E-state index is 6.97. The molecule has 0 atom stereocenters. The third kappa shape index (κ3) is 3.82. The number of hydrogen-bond donors (Lipinski definition) is 0. The van der Waals surface area contributed by atoms with Crippen molar-refractivity contribution in [2.75, 3.05) is 33.7 Å². The summed E-state index contributed by atoms with van der Waals surface area (Å²) < 4.78 is 0. The second kappa shape index (κ2) is 5.65. The fourth-order valence-corrected chi connectivity index (χ4v) is 0.903. The van der Waals surface area contributed by atoms with Crippen molar-refractivity contribution in [3.8, 4) is 0 Å². The highest BCUT2D eigenvalue weighted by Gasteiger charge is 2.01. The lowest BCUT2D eigenvalue weighted by Gasteiger charge is -2.26. The fraction of sp³-hybridized carbons (Fsp3) is 1.00. The molecule has 0 amide bonds. The average Bonchev–Trinajstić information content (AvgIpc) is 1.89. The van der Waals surface area contributed by atoms with Crippen LogP contribution in [0.4, 0.5) is 0 Å². The molecule has 0 saturated heterocycles. The minimum absolute atomic E-state index is 0.532. The van der Waals surface area contributed by atoms with Crippen molar-refractivity contribution in [2.24, 2.45) is 0 Å². The van der Waals surface area contributed by atoms with E-state index in [1.54, 1.807) is 0 Å². The Morgan fingerprint density at radius 3 is 2.20 bits per heavy atom. The van der Waals surface area contributed by atoms with Gasteiger partial charge in [0.05, 0.1) is 0 Å². The fourth-order valence-electron chi connectivity index (χ4n) is 0.903. The van der Waals surface area contributed by atoms with Crippen LogP contribution in [0.1, 0.15) is 13.3 Å². The first-order valence-electron chi connectivity index (χ1n) is 3.79. The zero-order chi connectivity index (χ0) is 7.98. The SMILES string of the molecule is CCN(CCC[NH])N(C)C. The molecule has 61 valence electrons. The molecule has 1 radical (unpaired) electrons. The van der Waals surface area contributed by atoms with Gasteiger partial charge < -0.3 is 0 Å². The second-order valence-electron chi connectivity index (χ2n) is 2.50. The van der Waals surface area contributed by atoms with Crippen molar-refractivity contribution in [3.63, 3.8) is 0 Å².